The Kier molecular flexibility index (Phi) is 41.7. The van der Waals surface area contributed by atoms with Gasteiger partial charge < -0.3 is 58.9 Å². The molecule has 2 aromatic rings. The summed E-state index contributed by atoms with van der Waals surface area (Å²) in [5.74, 6) is 0. The van der Waals surface area contributed by atoms with E-state index in [1.165, 1.54) is 174 Å². The molecule has 0 amide bonds. The van der Waals surface area contributed by atoms with Crippen molar-refractivity contribution < 1.29 is 71.1 Å². The Morgan fingerprint density at radius 1 is 0.464 bits per heavy atom. The maximum Gasteiger partial charge on any atom is 0.487 e. The summed E-state index contributed by atoms with van der Waals surface area (Å²) in [6, 6.07) is 1.82. The minimum atomic E-state index is -5.87. The Labute approximate surface area is 499 Å². The third kappa shape index (κ3) is 32.1. The number of hydrogen-bond acceptors (Lipinski definition) is 20. The van der Waals surface area contributed by atoms with Crippen LogP contribution >= 0.6 is 23.1 Å². The van der Waals surface area contributed by atoms with Crippen LogP contribution in [-0.2, 0) is 40.8 Å². The molecule has 11 atom stereocenters. The SMILES string of the molecule is CCCCN(CCCC)CCCC.CCCCN(CCCC)CCCC.CCCCN(CCCC)CCCC.[B]P(=O)(OC[C@H]1O[C@@H](n2ccc(=O)[nH]c2=O)[C@H](O)[C@@H]1O)OP(=O)(O)OP(=O)(O)OC[C@H]1O[C@@H](n2ccc(=O)[nH]c2=O)[C@H](O)[C@@H]1O. The van der Waals surface area contributed by atoms with Gasteiger partial charge in [-0.05, 0) is 117 Å². The second-order valence-corrected chi connectivity index (χ2v) is 25.8. The van der Waals surface area contributed by atoms with E-state index in [2.05, 4.69) is 94.7 Å². The van der Waals surface area contributed by atoms with Crippen LogP contribution in [0.3, 0.4) is 0 Å². The minimum absolute atomic E-state index is 0.693. The molecule has 30 heteroatoms. The van der Waals surface area contributed by atoms with Gasteiger partial charge in [-0.15, -0.1) is 0 Å². The van der Waals surface area contributed by atoms with Gasteiger partial charge in [-0.3, -0.25) is 37.8 Å². The predicted molar refractivity (Wildman–Crippen MR) is 325 cm³/mol. The Balaban J connectivity index is 0.000000730. The van der Waals surface area contributed by atoms with Gasteiger partial charge in [0.2, 0.25) is 7.57 Å². The lowest BCUT2D eigenvalue weighted by atomic mass is 10.1. The molecular weight excluding hydrogens is 1150 g/mol. The third-order valence-corrected chi connectivity index (χ3v) is 18.0. The Bertz CT molecular complexity index is 2200. The highest BCUT2D eigenvalue weighted by atomic mass is 31.3. The molecule has 84 heavy (non-hydrogen) atoms. The Morgan fingerprint density at radius 3 is 1.00 bits per heavy atom. The smallest absolute Gasteiger partial charge is 0.387 e. The molecule has 2 aliphatic rings. The van der Waals surface area contributed by atoms with Crippen LogP contribution in [0.1, 0.15) is 190 Å². The highest BCUT2D eigenvalue weighted by molar-refractivity contribution is 7.84. The van der Waals surface area contributed by atoms with Gasteiger partial charge in [0.25, 0.3) is 18.6 Å². The maximum atomic E-state index is 12.5. The van der Waals surface area contributed by atoms with E-state index in [4.69, 9.17) is 17.0 Å². The summed E-state index contributed by atoms with van der Waals surface area (Å²) < 4.78 is 66.2. The van der Waals surface area contributed by atoms with Crippen molar-refractivity contribution in [2.45, 2.75) is 227 Å². The van der Waals surface area contributed by atoms with Gasteiger partial charge in [0.1, 0.15) is 36.6 Å². The lowest BCUT2D eigenvalue weighted by Crippen LogP contribution is -2.37. The molecule has 0 aliphatic carbocycles. The zero-order valence-corrected chi connectivity index (χ0v) is 54.3. The van der Waals surface area contributed by atoms with E-state index in [-0.39, 0.29) is 0 Å². The zero-order chi connectivity index (χ0) is 63.3. The minimum Gasteiger partial charge on any atom is -0.387 e. The molecule has 4 rings (SSSR count). The molecule has 4 heterocycles. The number of aliphatic hydroxyl groups excluding tert-OH is 4. The van der Waals surface area contributed by atoms with Gasteiger partial charge in [-0.2, -0.15) is 4.31 Å². The first-order valence-electron chi connectivity index (χ1n) is 30.4. The molecule has 0 saturated carbocycles. The van der Waals surface area contributed by atoms with Crippen LogP contribution < -0.4 is 22.5 Å². The molecule has 0 aromatic carbocycles. The molecule has 2 fully saturated rings. The van der Waals surface area contributed by atoms with Gasteiger partial charge in [0.15, 0.2) is 12.5 Å². The molecular formula is C54H105BN7O19P3. The number of ether oxygens (including phenoxy) is 2. The number of phosphoric ester groups is 1. The summed E-state index contributed by atoms with van der Waals surface area (Å²) in [6.45, 7) is 30.2. The van der Waals surface area contributed by atoms with Crippen molar-refractivity contribution in [1.29, 1.82) is 0 Å². The van der Waals surface area contributed by atoms with Crippen molar-refractivity contribution in [3.63, 3.8) is 0 Å². The number of aromatic amines is 2. The predicted octanol–water partition coefficient (Wildman–Crippen LogP) is 6.94. The first-order valence-corrected chi connectivity index (χ1v) is 35.0. The van der Waals surface area contributed by atoms with Gasteiger partial charge in [-0.25, -0.2) is 23.0 Å². The van der Waals surface area contributed by atoms with Crippen molar-refractivity contribution in [3.8, 4) is 0 Å². The number of unbranched alkanes of at least 4 members (excludes halogenated alkanes) is 9. The quantitative estimate of drug-likeness (QED) is 0.0248. The summed E-state index contributed by atoms with van der Waals surface area (Å²) in [5, 5.41) is 40.8. The van der Waals surface area contributed by atoms with Crippen LogP contribution in [0.4, 0.5) is 0 Å². The van der Waals surface area contributed by atoms with Gasteiger partial charge in [0.05, 0.1) is 13.2 Å². The number of hydrogen-bond donors (Lipinski definition) is 8. The lowest BCUT2D eigenvalue weighted by Gasteiger charge is -2.22. The lowest BCUT2D eigenvalue weighted by molar-refractivity contribution is -0.0543. The monoisotopic (exact) mass is 1260 g/mol. The number of H-pyrrole nitrogens is 2. The van der Waals surface area contributed by atoms with Crippen LogP contribution in [0.15, 0.2) is 43.7 Å². The summed E-state index contributed by atoms with van der Waals surface area (Å²) >= 11 is 0. The number of rotatable bonds is 39. The van der Waals surface area contributed by atoms with E-state index in [9.17, 15) is 63.1 Å². The molecule has 0 bridgehead atoms. The highest BCUT2D eigenvalue weighted by Gasteiger charge is 2.48. The third-order valence-electron chi connectivity index (χ3n) is 13.6. The Hall–Kier alpha value is -2.49. The van der Waals surface area contributed by atoms with E-state index in [1.807, 2.05) is 9.97 Å². The van der Waals surface area contributed by atoms with Crippen LogP contribution in [0.25, 0.3) is 0 Å². The fourth-order valence-electron chi connectivity index (χ4n) is 8.57. The number of aromatic nitrogens is 4. The van der Waals surface area contributed by atoms with Crippen LogP contribution in [0.2, 0.25) is 0 Å². The average molecular weight is 1260 g/mol. The number of phosphoric acid groups is 2. The zero-order valence-electron chi connectivity index (χ0n) is 51.6. The molecule has 8 N–H and O–H groups in total. The van der Waals surface area contributed by atoms with E-state index < -0.39 is 108 Å². The second kappa shape index (κ2) is 44.0. The van der Waals surface area contributed by atoms with Gasteiger partial charge in [-0.1, -0.05) is 120 Å². The fraction of sp³-hybridized carbons (Fsp3) is 0.852. The number of nitrogens with zero attached hydrogens (tertiary/aromatic N) is 5. The second-order valence-electron chi connectivity index (χ2n) is 21.1. The molecule has 2 aliphatic heterocycles. The Morgan fingerprint density at radius 2 is 0.738 bits per heavy atom. The van der Waals surface area contributed by atoms with Crippen LogP contribution in [0, 0.1) is 0 Å². The molecule has 3 unspecified atom stereocenters. The summed E-state index contributed by atoms with van der Waals surface area (Å²) in [4.78, 5) is 77.8. The van der Waals surface area contributed by atoms with Crippen molar-refractivity contribution in [1.82, 2.24) is 33.8 Å². The first kappa shape index (κ1) is 79.5. The van der Waals surface area contributed by atoms with Crippen molar-refractivity contribution in [2.75, 3.05) is 72.1 Å². The number of aliphatic hydroxyl groups is 4. The average Bonchev–Trinajstić information content (AvgIpc) is 3.04. The van der Waals surface area contributed by atoms with Gasteiger partial charge in [0, 0.05) is 24.5 Å². The van der Waals surface area contributed by atoms with E-state index in [0.29, 0.717) is 9.13 Å². The van der Waals surface area contributed by atoms with Crippen molar-refractivity contribution >= 4 is 30.7 Å². The van der Waals surface area contributed by atoms with Crippen molar-refractivity contribution in [2.24, 2.45) is 0 Å². The normalized spacial score (nSPS) is 22.5. The van der Waals surface area contributed by atoms with Crippen molar-refractivity contribution in [3.05, 3.63) is 66.2 Å². The molecule has 2 radical (unpaired) electrons. The maximum absolute atomic E-state index is 12.5. The van der Waals surface area contributed by atoms with E-state index >= 15 is 0 Å². The van der Waals surface area contributed by atoms with E-state index in [0.717, 1.165) is 24.5 Å². The molecule has 26 nitrogen and oxygen atoms in total. The fourth-order valence-corrected chi connectivity index (χ4v) is 12.2. The van der Waals surface area contributed by atoms with Gasteiger partial charge >= 0.3 is 27.0 Å². The van der Waals surface area contributed by atoms with Crippen LogP contribution in [-0.4, -0.2) is 180 Å². The van der Waals surface area contributed by atoms with E-state index in [1.54, 1.807) is 0 Å². The summed E-state index contributed by atoms with van der Waals surface area (Å²) in [6.07, 6.45) is 12.5. The molecule has 0 spiro atoms. The van der Waals surface area contributed by atoms with Crippen LogP contribution in [0.5, 0.6) is 0 Å². The topological polar surface area (TPSA) is 347 Å². The summed E-state index contributed by atoms with van der Waals surface area (Å²) in [7, 11) is -11.5. The largest absolute Gasteiger partial charge is 0.487 e. The standard InChI is InChI=1S/C18H24BN4O19P3.3C12H27N/c19-43(32,37-5-7-11(26)13(28)15(39-7)22-3-1-9(24)20-17(22)30)41-45(35,36)42-44(33,34)38-6-8-12(27)14(29)16(40-8)23-4-2-10(25)21-18(23)31;3*1-4-7-10-13(11-8-5-2)12-9-6-3/h1-4,7-8,11-16,26-29H,5-6H2,(H,33,34)(H,35,36)(H,20,24,30)(H,21,25,31);3*4-12H2,1-3H3/t7-,8-,11-,12-,13-,14-,15-,16-,43?;;;/m1.../s1. The highest BCUT2D eigenvalue weighted by Crippen LogP contribution is 2.67. The molecule has 2 aromatic heterocycles. The first-order chi connectivity index (χ1) is 39.8. The molecule has 2 saturated heterocycles. The molecule has 488 valence electrons. The number of nitrogens with one attached hydrogen (secondary N) is 2. The summed E-state index contributed by atoms with van der Waals surface area (Å²) in [5.41, 5.74) is -3.59.